The summed E-state index contributed by atoms with van der Waals surface area (Å²) in [6, 6.07) is 18.1. The summed E-state index contributed by atoms with van der Waals surface area (Å²) in [7, 11) is 4.01. The molecule has 0 unspecified atom stereocenters. The van der Waals surface area contributed by atoms with Gasteiger partial charge in [0.1, 0.15) is 0 Å². The van der Waals surface area contributed by atoms with E-state index in [2.05, 4.69) is 36.7 Å². The quantitative estimate of drug-likeness (QED) is 0.147. The molecule has 2 aromatic carbocycles. The topological polar surface area (TPSA) is 84.1 Å². The van der Waals surface area contributed by atoms with Crippen LogP contribution in [0.3, 0.4) is 0 Å². The Labute approximate surface area is 190 Å². The summed E-state index contributed by atoms with van der Waals surface area (Å²) in [5.74, 6) is 3.55. The van der Waals surface area contributed by atoms with Crippen molar-refractivity contribution in [3.63, 3.8) is 0 Å². The van der Waals surface area contributed by atoms with Crippen LogP contribution in [0.1, 0.15) is 11.1 Å². The van der Waals surface area contributed by atoms with Crippen LogP contribution in [0, 0.1) is 12.3 Å². The van der Waals surface area contributed by atoms with Gasteiger partial charge in [-0.1, -0.05) is 65.4 Å². The van der Waals surface area contributed by atoms with Crippen molar-refractivity contribution in [2.24, 2.45) is 5.10 Å². The fraction of sp³-hybridized carbons (Fsp3) is 0.174. The Bertz CT molecular complexity index is 1260. The molecule has 0 aliphatic carbocycles. The zero-order valence-corrected chi connectivity index (χ0v) is 18.6. The molecule has 8 nitrogen and oxygen atoms in total. The monoisotopic (exact) mass is 442 g/mol. The van der Waals surface area contributed by atoms with E-state index in [4.69, 9.17) is 6.42 Å². The first-order chi connectivity index (χ1) is 15.6. The van der Waals surface area contributed by atoms with Gasteiger partial charge < -0.3 is 4.90 Å². The summed E-state index contributed by atoms with van der Waals surface area (Å²) in [4.78, 5) is 11.2. The van der Waals surface area contributed by atoms with Crippen LogP contribution in [-0.4, -0.2) is 51.0 Å². The lowest BCUT2D eigenvalue weighted by atomic mass is 10.2. The van der Waals surface area contributed by atoms with Crippen LogP contribution in [0.2, 0.25) is 0 Å². The number of anilines is 2. The molecule has 0 saturated carbocycles. The van der Waals surface area contributed by atoms with Crippen LogP contribution in [0.25, 0.3) is 11.2 Å². The number of thioether (sulfide) groups is 1. The Kier molecular flexibility index (Phi) is 6.63. The van der Waals surface area contributed by atoms with E-state index in [9.17, 15) is 0 Å². The van der Waals surface area contributed by atoms with Crippen molar-refractivity contribution in [2.45, 2.75) is 11.7 Å². The van der Waals surface area contributed by atoms with Crippen molar-refractivity contribution < 1.29 is 0 Å². The summed E-state index contributed by atoms with van der Waals surface area (Å²) in [6.45, 7) is 0.550. The number of fused-ring (bicyclic) bond motifs is 1. The van der Waals surface area contributed by atoms with E-state index in [1.807, 2.05) is 73.6 Å². The number of nitrogens with one attached hydrogen (secondary N) is 1. The molecule has 9 heteroatoms. The van der Waals surface area contributed by atoms with E-state index in [0.717, 1.165) is 16.8 Å². The minimum absolute atomic E-state index is 0.465. The van der Waals surface area contributed by atoms with Gasteiger partial charge in [-0.3, -0.25) is 5.43 Å². The normalized spacial score (nSPS) is 11.0. The fourth-order valence-corrected chi connectivity index (χ4v) is 3.49. The van der Waals surface area contributed by atoms with Gasteiger partial charge in [-0.2, -0.15) is 5.10 Å². The number of hydrazone groups is 1. The maximum Gasteiger partial charge on any atom is 0.192 e. The van der Waals surface area contributed by atoms with Crippen molar-refractivity contribution in [3.8, 4) is 12.3 Å². The second kappa shape index (κ2) is 9.94. The lowest BCUT2D eigenvalue weighted by molar-refractivity contribution is 0.661. The predicted octanol–water partition coefficient (Wildman–Crippen LogP) is 3.51. The van der Waals surface area contributed by atoms with Crippen molar-refractivity contribution >= 4 is 40.6 Å². The molecule has 0 bridgehead atoms. The molecule has 0 spiro atoms. The molecule has 1 N–H and O–H groups in total. The molecular weight excluding hydrogens is 420 g/mol. The van der Waals surface area contributed by atoms with Gasteiger partial charge in [0.05, 0.1) is 18.5 Å². The van der Waals surface area contributed by atoms with Gasteiger partial charge in [-0.05, 0) is 23.3 Å². The van der Waals surface area contributed by atoms with Crippen LogP contribution >= 0.6 is 11.8 Å². The molecule has 4 aromatic rings. The Morgan fingerprint density at radius 1 is 1.12 bits per heavy atom. The predicted molar refractivity (Wildman–Crippen MR) is 130 cm³/mol. The highest BCUT2D eigenvalue weighted by molar-refractivity contribution is 7.99. The van der Waals surface area contributed by atoms with Crippen molar-refractivity contribution in [2.75, 3.05) is 30.2 Å². The summed E-state index contributed by atoms with van der Waals surface area (Å²) >= 11 is 1.38. The number of rotatable bonds is 8. The minimum Gasteiger partial charge on any atom is -0.378 e. The van der Waals surface area contributed by atoms with Gasteiger partial charge in [0, 0.05) is 19.8 Å². The van der Waals surface area contributed by atoms with Crippen LogP contribution < -0.4 is 10.3 Å². The Hall–Kier alpha value is -3.90. The lowest BCUT2D eigenvalue weighted by Gasteiger charge is -2.11. The molecule has 0 aliphatic heterocycles. The van der Waals surface area contributed by atoms with E-state index in [0.29, 0.717) is 34.4 Å². The summed E-state index contributed by atoms with van der Waals surface area (Å²) in [6.07, 6.45) is 7.15. The molecule has 2 heterocycles. The van der Waals surface area contributed by atoms with Gasteiger partial charge in [0.25, 0.3) is 0 Å². The standard InChI is InChI=1S/C23H22N8S/c1-4-14-32-23-25-21(28-24-15-17-10-12-19(13-11-17)30(2)3)20-22(26-23)31(29-27-20)16-18-8-6-5-7-9-18/h1,5-13,15H,14,16H2,2-3H3,(H,25,26,28)/b24-15+. The Balaban J connectivity index is 1.61. The van der Waals surface area contributed by atoms with E-state index in [1.165, 1.54) is 11.8 Å². The molecule has 4 rings (SSSR count). The SMILES string of the molecule is C#CCSc1nc(N/N=C/c2ccc(N(C)C)cc2)c2nnn(Cc3ccccc3)c2n1. The maximum absolute atomic E-state index is 5.41. The van der Waals surface area contributed by atoms with Crippen molar-refractivity contribution in [1.29, 1.82) is 0 Å². The highest BCUT2D eigenvalue weighted by Gasteiger charge is 2.15. The van der Waals surface area contributed by atoms with Crippen LogP contribution in [0.4, 0.5) is 11.5 Å². The van der Waals surface area contributed by atoms with Crippen LogP contribution in [0.15, 0.2) is 64.9 Å². The zero-order chi connectivity index (χ0) is 22.3. The van der Waals surface area contributed by atoms with Gasteiger partial charge in [0.15, 0.2) is 22.1 Å². The van der Waals surface area contributed by atoms with Crippen LogP contribution in [0.5, 0.6) is 0 Å². The molecule has 0 fully saturated rings. The van der Waals surface area contributed by atoms with Gasteiger partial charge in [0.2, 0.25) is 0 Å². The smallest absolute Gasteiger partial charge is 0.192 e. The average Bonchev–Trinajstić information content (AvgIpc) is 3.21. The van der Waals surface area contributed by atoms with E-state index >= 15 is 0 Å². The molecule has 0 aliphatic rings. The first-order valence-corrected chi connectivity index (χ1v) is 10.9. The fourth-order valence-electron chi connectivity index (χ4n) is 2.97. The largest absolute Gasteiger partial charge is 0.378 e. The average molecular weight is 443 g/mol. The first kappa shape index (κ1) is 21.3. The third kappa shape index (κ3) is 5.04. The summed E-state index contributed by atoms with van der Waals surface area (Å²) in [5, 5.41) is 13.5. The minimum atomic E-state index is 0.465. The highest BCUT2D eigenvalue weighted by atomic mass is 32.2. The second-order valence-electron chi connectivity index (χ2n) is 7.11. The van der Waals surface area contributed by atoms with Crippen molar-refractivity contribution in [1.82, 2.24) is 25.0 Å². The zero-order valence-electron chi connectivity index (χ0n) is 17.8. The molecule has 0 saturated heterocycles. The third-order valence-electron chi connectivity index (χ3n) is 4.60. The van der Waals surface area contributed by atoms with Crippen molar-refractivity contribution in [3.05, 3.63) is 65.7 Å². The molecule has 2 aromatic heterocycles. The Morgan fingerprint density at radius 2 is 1.91 bits per heavy atom. The van der Waals surface area contributed by atoms with Gasteiger partial charge in [-0.25, -0.2) is 14.6 Å². The van der Waals surface area contributed by atoms with E-state index in [-0.39, 0.29) is 0 Å². The Morgan fingerprint density at radius 3 is 2.62 bits per heavy atom. The number of nitrogens with zero attached hydrogens (tertiary/aromatic N) is 7. The molecule has 32 heavy (non-hydrogen) atoms. The van der Waals surface area contributed by atoms with Crippen LogP contribution in [-0.2, 0) is 6.54 Å². The summed E-state index contributed by atoms with van der Waals surface area (Å²) in [5.41, 5.74) is 7.35. The number of hydrogen-bond acceptors (Lipinski definition) is 8. The first-order valence-electron chi connectivity index (χ1n) is 9.92. The molecular formula is C23H22N8S. The maximum atomic E-state index is 5.41. The number of aromatic nitrogens is 5. The number of benzene rings is 2. The van der Waals surface area contributed by atoms with Gasteiger partial charge in [-0.15, -0.1) is 11.5 Å². The third-order valence-corrected chi connectivity index (χ3v) is 5.35. The van der Waals surface area contributed by atoms with Gasteiger partial charge >= 0.3 is 0 Å². The molecule has 0 radical (unpaired) electrons. The van der Waals surface area contributed by atoms with E-state index in [1.54, 1.807) is 10.9 Å². The molecule has 0 amide bonds. The lowest BCUT2D eigenvalue weighted by Crippen LogP contribution is -2.08. The molecule has 160 valence electrons. The van der Waals surface area contributed by atoms with E-state index < -0.39 is 0 Å². The highest BCUT2D eigenvalue weighted by Crippen LogP contribution is 2.23. The number of hydrogen-bond donors (Lipinski definition) is 1. The second-order valence-corrected chi connectivity index (χ2v) is 8.05. The summed E-state index contributed by atoms with van der Waals surface area (Å²) < 4.78 is 1.75. The molecule has 0 atom stereocenters. The number of terminal acetylenes is 1.